The Labute approximate surface area is 132 Å². The second-order valence-corrected chi connectivity index (χ2v) is 6.00. The summed E-state index contributed by atoms with van der Waals surface area (Å²) in [5.74, 6) is 0.0640. The van der Waals surface area contributed by atoms with Gasteiger partial charge in [-0.15, -0.1) is 0 Å². The van der Waals surface area contributed by atoms with Crippen LogP contribution in [0.2, 0.25) is 0 Å². The highest BCUT2D eigenvalue weighted by atomic mass is 79.9. The van der Waals surface area contributed by atoms with E-state index in [0.717, 1.165) is 21.3 Å². The lowest BCUT2D eigenvalue weighted by atomic mass is 10.1. The average molecular weight is 349 g/mol. The Kier molecular flexibility index (Phi) is 4.12. The molecule has 4 nitrogen and oxygen atoms in total. The summed E-state index contributed by atoms with van der Waals surface area (Å²) in [5, 5.41) is 0. The molecule has 1 aliphatic rings. The van der Waals surface area contributed by atoms with Crippen LogP contribution in [0.15, 0.2) is 41.0 Å². The topological polar surface area (TPSA) is 45.3 Å². The predicted octanol–water partition coefficient (Wildman–Crippen LogP) is 3.30. The number of nitrogens with one attached hydrogen (secondary N) is 1. The van der Waals surface area contributed by atoms with Crippen molar-refractivity contribution in [2.45, 2.75) is 13.0 Å². The summed E-state index contributed by atoms with van der Waals surface area (Å²) in [5.41, 5.74) is 2.73. The Morgan fingerprint density at radius 2 is 2.19 bits per heavy atom. The van der Waals surface area contributed by atoms with Gasteiger partial charge in [0.15, 0.2) is 0 Å². The largest absolute Gasteiger partial charge is 0.370 e. The third-order valence-electron chi connectivity index (χ3n) is 3.79. The molecular weight excluding hydrogens is 332 g/mol. The number of amides is 1. The predicted molar refractivity (Wildman–Crippen MR) is 84.3 cm³/mol. The van der Waals surface area contributed by atoms with Crippen LogP contribution in [0.3, 0.4) is 0 Å². The van der Waals surface area contributed by atoms with Gasteiger partial charge in [0.2, 0.25) is 0 Å². The zero-order valence-corrected chi connectivity index (χ0v) is 13.4. The number of aryl methyl sites for hydroxylation is 1. The van der Waals surface area contributed by atoms with Gasteiger partial charge in [-0.2, -0.15) is 0 Å². The van der Waals surface area contributed by atoms with Gasteiger partial charge in [0.05, 0.1) is 18.7 Å². The number of rotatable bonds is 2. The molecule has 3 rings (SSSR count). The summed E-state index contributed by atoms with van der Waals surface area (Å²) in [6.45, 7) is 3.68. The fraction of sp³-hybridized carbons (Fsp3) is 0.312. The van der Waals surface area contributed by atoms with Gasteiger partial charge in [-0.25, -0.2) is 0 Å². The quantitative estimate of drug-likeness (QED) is 0.904. The fourth-order valence-electron chi connectivity index (χ4n) is 2.61. The molecule has 1 aromatic heterocycles. The van der Waals surface area contributed by atoms with Crippen LogP contribution in [0, 0.1) is 6.92 Å². The summed E-state index contributed by atoms with van der Waals surface area (Å²) in [7, 11) is 0. The summed E-state index contributed by atoms with van der Waals surface area (Å²) >= 11 is 3.55. The molecule has 2 heterocycles. The molecule has 1 atom stereocenters. The SMILES string of the molecule is Cc1[nH]ccc1C(=O)N1CCO[C@@H](c2ccccc2Br)C1. The summed E-state index contributed by atoms with van der Waals surface area (Å²) in [6, 6.07) is 9.82. The number of benzene rings is 1. The van der Waals surface area contributed by atoms with Gasteiger partial charge < -0.3 is 14.6 Å². The smallest absolute Gasteiger partial charge is 0.255 e. The van der Waals surface area contributed by atoms with Gasteiger partial charge >= 0.3 is 0 Å². The number of H-pyrrole nitrogens is 1. The monoisotopic (exact) mass is 348 g/mol. The van der Waals surface area contributed by atoms with E-state index in [1.165, 1.54) is 0 Å². The minimum absolute atomic E-state index is 0.0640. The molecule has 5 heteroatoms. The van der Waals surface area contributed by atoms with Crippen molar-refractivity contribution in [1.82, 2.24) is 9.88 Å². The molecule has 1 amide bonds. The maximum absolute atomic E-state index is 12.6. The Hall–Kier alpha value is -1.59. The van der Waals surface area contributed by atoms with Crippen LogP contribution in [0.4, 0.5) is 0 Å². The molecule has 0 aliphatic carbocycles. The fourth-order valence-corrected chi connectivity index (χ4v) is 3.15. The molecule has 0 spiro atoms. The Bertz CT molecular complexity index is 653. The van der Waals surface area contributed by atoms with E-state index in [4.69, 9.17) is 4.74 Å². The lowest BCUT2D eigenvalue weighted by molar-refractivity contribution is -0.0231. The highest BCUT2D eigenvalue weighted by molar-refractivity contribution is 9.10. The summed E-state index contributed by atoms with van der Waals surface area (Å²) in [4.78, 5) is 17.5. The van der Waals surface area contributed by atoms with E-state index < -0.39 is 0 Å². The highest BCUT2D eigenvalue weighted by Crippen LogP contribution is 2.29. The van der Waals surface area contributed by atoms with E-state index in [0.29, 0.717) is 19.7 Å². The second kappa shape index (κ2) is 6.03. The molecule has 0 bridgehead atoms. The van der Waals surface area contributed by atoms with Crippen LogP contribution >= 0.6 is 15.9 Å². The molecule has 2 aromatic rings. The molecule has 0 saturated carbocycles. The first-order chi connectivity index (χ1) is 10.2. The maximum Gasteiger partial charge on any atom is 0.255 e. The average Bonchev–Trinajstić information content (AvgIpc) is 2.93. The Balaban J connectivity index is 1.79. The molecule has 1 saturated heterocycles. The van der Waals surface area contributed by atoms with Gasteiger partial charge in [-0.05, 0) is 24.6 Å². The first kappa shape index (κ1) is 14.4. The van der Waals surface area contributed by atoms with Crippen LogP contribution < -0.4 is 0 Å². The number of ether oxygens (including phenoxy) is 1. The molecule has 1 fully saturated rings. The number of aromatic nitrogens is 1. The van der Waals surface area contributed by atoms with Crippen LogP contribution in [-0.4, -0.2) is 35.5 Å². The number of hydrogen-bond donors (Lipinski definition) is 1. The molecule has 1 N–H and O–H groups in total. The molecule has 110 valence electrons. The number of carbonyl (C=O) groups excluding carboxylic acids is 1. The van der Waals surface area contributed by atoms with E-state index in [2.05, 4.69) is 20.9 Å². The van der Waals surface area contributed by atoms with E-state index in [-0.39, 0.29) is 12.0 Å². The standard InChI is InChI=1S/C16H17BrN2O2/c1-11-12(6-7-18-11)16(20)19-8-9-21-15(10-19)13-4-2-3-5-14(13)17/h2-7,15,18H,8-10H2,1H3/t15-/m1/s1. The molecule has 1 aromatic carbocycles. The van der Waals surface area contributed by atoms with Gasteiger partial charge in [-0.3, -0.25) is 4.79 Å². The minimum Gasteiger partial charge on any atom is -0.370 e. The molecule has 21 heavy (non-hydrogen) atoms. The number of morpholine rings is 1. The summed E-state index contributed by atoms with van der Waals surface area (Å²) < 4.78 is 6.86. The highest BCUT2D eigenvalue weighted by Gasteiger charge is 2.27. The number of halogens is 1. The van der Waals surface area contributed by atoms with Crippen molar-refractivity contribution in [2.24, 2.45) is 0 Å². The van der Waals surface area contributed by atoms with E-state index >= 15 is 0 Å². The first-order valence-corrected chi connectivity index (χ1v) is 7.75. The van der Waals surface area contributed by atoms with E-state index in [9.17, 15) is 4.79 Å². The van der Waals surface area contributed by atoms with Crippen molar-refractivity contribution in [1.29, 1.82) is 0 Å². The van der Waals surface area contributed by atoms with Crippen molar-refractivity contribution >= 4 is 21.8 Å². The third-order valence-corrected chi connectivity index (χ3v) is 4.51. The van der Waals surface area contributed by atoms with Crippen molar-refractivity contribution in [3.8, 4) is 0 Å². The Morgan fingerprint density at radius 1 is 1.38 bits per heavy atom. The first-order valence-electron chi connectivity index (χ1n) is 6.96. The van der Waals surface area contributed by atoms with Crippen LogP contribution in [-0.2, 0) is 4.74 Å². The van der Waals surface area contributed by atoms with Gasteiger partial charge in [0.25, 0.3) is 5.91 Å². The van der Waals surface area contributed by atoms with Crippen LogP contribution in [0.5, 0.6) is 0 Å². The molecular formula is C16H17BrN2O2. The van der Waals surface area contributed by atoms with Gasteiger partial charge in [0.1, 0.15) is 6.10 Å². The maximum atomic E-state index is 12.6. The zero-order valence-electron chi connectivity index (χ0n) is 11.8. The number of nitrogens with zero attached hydrogens (tertiary/aromatic N) is 1. The summed E-state index contributed by atoms with van der Waals surface area (Å²) in [6.07, 6.45) is 1.71. The Morgan fingerprint density at radius 3 is 2.90 bits per heavy atom. The number of hydrogen-bond acceptors (Lipinski definition) is 2. The number of aromatic amines is 1. The third kappa shape index (κ3) is 2.89. The lowest BCUT2D eigenvalue weighted by Gasteiger charge is -2.33. The lowest BCUT2D eigenvalue weighted by Crippen LogP contribution is -2.42. The molecule has 0 unspecified atom stereocenters. The van der Waals surface area contributed by atoms with E-state index in [1.807, 2.05) is 42.2 Å². The minimum atomic E-state index is -0.0856. The zero-order chi connectivity index (χ0) is 14.8. The molecule has 1 aliphatic heterocycles. The van der Waals surface area contributed by atoms with Crippen molar-refractivity contribution in [3.63, 3.8) is 0 Å². The van der Waals surface area contributed by atoms with Gasteiger partial charge in [0, 0.05) is 22.9 Å². The van der Waals surface area contributed by atoms with Crippen LogP contribution in [0.1, 0.15) is 27.7 Å². The van der Waals surface area contributed by atoms with Crippen molar-refractivity contribution < 1.29 is 9.53 Å². The van der Waals surface area contributed by atoms with Crippen LogP contribution in [0.25, 0.3) is 0 Å². The van der Waals surface area contributed by atoms with E-state index in [1.54, 1.807) is 6.20 Å². The normalized spacial score (nSPS) is 18.8. The van der Waals surface area contributed by atoms with Gasteiger partial charge in [-0.1, -0.05) is 34.1 Å². The number of carbonyl (C=O) groups is 1. The van der Waals surface area contributed by atoms with Crippen molar-refractivity contribution in [3.05, 3.63) is 57.8 Å². The second-order valence-electron chi connectivity index (χ2n) is 5.15. The molecule has 0 radical (unpaired) electrons. The van der Waals surface area contributed by atoms with Crippen molar-refractivity contribution in [2.75, 3.05) is 19.7 Å².